The average molecular weight is 474 g/mol. The number of anilines is 2. The Kier molecular flexibility index (Phi) is 7.56. The fourth-order valence-electron chi connectivity index (χ4n) is 3.14. The van der Waals surface area contributed by atoms with Gasteiger partial charge in [0.05, 0.1) is 23.6 Å². The Morgan fingerprint density at radius 3 is 2.44 bits per heavy atom. The van der Waals surface area contributed by atoms with Gasteiger partial charge in [0.15, 0.2) is 5.82 Å². The van der Waals surface area contributed by atoms with Crippen molar-refractivity contribution in [3.63, 3.8) is 0 Å². The smallest absolute Gasteiger partial charge is 0.257 e. The van der Waals surface area contributed by atoms with Gasteiger partial charge in [-0.05, 0) is 43.3 Å². The van der Waals surface area contributed by atoms with Crippen molar-refractivity contribution in [3.05, 3.63) is 84.4 Å². The van der Waals surface area contributed by atoms with Crippen molar-refractivity contribution < 1.29 is 14.3 Å². The van der Waals surface area contributed by atoms with Gasteiger partial charge < -0.3 is 15.4 Å². The molecule has 4 rings (SSSR count). The van der Waals surface area contributed by atoms with E-state index in [0.29, 0.717) is 34.5 Å². The highest BCUT2D eigenvalue weighted by atomic mass is 32.2. The first-order valence-electron chi connectivity index (χ1n) is 10.7. The first-order chi connectivity index (χ1) is 16.6. The first-order valence-corrected chi connectivity index (χ1v) is 11.6. The van der Waals surface area contributed by atoms with Crippen molar-refractivity contribution in [2.45, 2.75) is 12.1 Å². The molecule has 0 spiro atoms. The number of ether oxygens (including phenoxy) is 1. The third kappa shape index (κ3) is 6.02. The molecule has 4 aromatic rings. The van der Waals surface area contributed by atoms with Crippen LogP contribution in [0.5, 0.6) is 5.75 Å². The van der Waals surface area contributed by atoms with Gasteiger partial charge in [-0.25, -0.2) is 4.98 Å². The second-order valence-electron chi connectivity index (χ2n) is 7.13. The number of benzene rings is 3. The number of hydrogen-bond donors (Lipinski definition) is 3. The van der Waals surface area contributed by atoms with Crippen LogP contribution in [0.1, 0.15) is 17.3 Å². The zero-order chi connectivity index (χ0) is 23.8. The van der Waals surface area contributed by atoms with Crippen LogP contribution in [-0.4, -0.2) is 39.4 Å². The molecule has 0 unspecified atom stereocenters. The maximum Gasteiger partial charge on any atom is 0.257 e. The SMILES string of the molecule is CCOc1ccc(NC(=O)c2ccccc2NC(=O)CSc2n[nH]c(-c3ccccc3)n2)cc1. The van der Waals surface area contributed by atoms with Crippen molar-refractivity contribution in [2.24, 2.45) is 0 Å². The first kappa shape index (κ1) is 23.1. The molecule has 9 heteroatoms. The summed E-state index contributed by atoms with van der Waals surface area (Å²) in [5.74, 6) is 0.875. The Hall–Kier alpha value is -4.11. The van der Waals surface area contributed by atoms with Crippen LogP contribution in [0.4, 0.5) is 11.4 Å². The van der Waals surface area contributed by atoms with E-state index < -0.39 is 0 Å². The number of hydrogen-bond acceptors (Lipinski definition) is 6. The van der Waals surface area contributed by atoms with E-state index in [9.17, 15) is 9.59 Å². The number of carbonyl (C=O) groups is 2. The zero-order valence-corrected chi connectivity index (χ0v) is 19.3. The van der Waals surface area contributed by atoms with Crippen molar-refractivity contribution >= 4 is 35.0 Å². The molecule has 0 saturated carbocycles. The van der Waals surface area contributed by atoms with Gasteiger partial charge in [-0.3, -0.25) is 14.7 Å². The lowest BCUT2D eigenvalue weighted by atomic mass is 10.1. The Morgan fingerprint density at radius 1 is 0.941 bits per heavy atom. The van der Waals surface area contributed by atoms with Crippen LogP contribution in [0.25, 0.3) is 11.4 Å². The molecule has 3 N–H and O–H groups in total. The Morgan fingerprint density at radius 2 is 1.68 bits per heavy atom. The van der Waals surface area contributed by atoms with Gasteiger partial charge in [-0.2, -0.15) is 0 Å². The molecule has 0 saturated heterocycles. The normalized spacial score (nSPS) is 10.5. The molecule has 2 amide bonds. The Bertz CT molecular complexity index is 1260. The van der Waals surface area contributed by atoms with Crippen LogP contribution >= 0.6 is 11.8 Å². The molecule has 34 heavy (non-hydrogen) atoms. The number of H-pyrrole nitrogens is 1. The molecule has 0 fully saturated rings. The fraction of sp³-hybridized carbons (Fsp3) is 0.120. The topological polar surface area (TPSA) is 109 Å². The molecule has 8 nitrogen and oxygen atoms in total. The third-order valence-corrected chi connectivity index (χ3v) is 5.56. The molecule has 1 aromatic heterocycles. The number of aromatic nitrogens is 3. The van der Waals surface area contributed by atoms with E-state index >= 15 is 0 Å². The summed E-state index contributed by atoms with van der Waals surface area (Å²) in [4.78, 5) is 29.8. The molecule has 0 radical (unpaired) electrons. The van der Waals surface area contributed by atoms with Crippen LogP contribution in [0.2, 0.25) is 0 Å². The minimum absolute atomic E-state index is 0.0981. The molecule has 0 atom stereocenters. The van der Waals surface area contributed by atoms with E-state index in [1.807, 2.05) is 37.3 Å². The molecule has 0 bridgehead atoms. The maximum atomic E-state index is 12.8. The molecule has 0 aliphatic carbocycles. The van der Waals surface area contributed by atoms with E-state index in [4.69, 9.17) is 4.74 Å². The van der Waals surface area contributed by atoms with Gasteiger partial charge in [0.25, 0.3) is 5.91 Å². The monoisotopic (exact) mass is 473 g/mol. The number of aromatic amines is 1. The number of nitrogens with zero attached hydrogens (tertiary/aromatic N) is 2. The summed E-state index contributed by atoms with van der Waals surface area (Å²) in [5.41, 5.74) is 2.33. The predicted molar refractivity (Wildman–Crippen MR) is 133 cm³/mol. The molecule has 1 heterocycles. The summed E-state index contributed by atoms with van der Waals surface area (Å²) in [5, 5.41) is 13.2. The van der Waals surface area contributed by atoms with Crippen molar-refractivity contribution in [2.75, 3.05) is 23.0 Å². The van der Waals surface area contributed by atoms with Crippen LogP contribution < -0.4 is 15.4 Å². The molecule has 3 aromatic carbocycles. The summed E-state index contributed by atoms with van der Waals surface area (Å²) in [7, 11) is 0. The van der Waals surface area contributed by atoms with Crippen LogP contribution in [0.3, 0.4) is 0 Å². The highest BCUT2D eigenvalue weighted by molar-refractivity contribution is 7.99. The average Bonchev–Trinajstić information content (AvgIpc) is 3.34. The summed E-state index contributed by atoms with van der Waals surface area (Å²) < 4.78 is 5.42. The minimum atomic E-state index is -0.325. The van der Waals surface area contributed by atoms with Crippen LogP contribution in [0.15, 0.2) is 84.0 Å². The summed E-state index contributed by atoms with van der Waals surface area (Å²) in [6.07, 6.45) is 0. The second kappa shape index (κ2) is 11.2. The van der Waals surface area contributed by atoms with Crippen LogP contribution in [-0.2, 0) is 4.79 Å². The molecular formula is C25H23N5O3S. The van der Waals surface area contributed by atoms with Gasteiger partial charge in [-0.1, -0.05) is 54.2 Å². The summed E-state index contributed by atoms with van der Waals surface area (Å²) in [6, 6.07) is 23.6. The molecule has 0 aliphatic rings. The van der Waals surface area contributed by atoms with Gasteiger partial charge >= 0.3 is 0 Å². The quantitative estimate of drug-likeness (QED) is 0.300. The molecule has 0 aliphatic heterocycles. The lowest BCUT2D eigenvalue weighted by Gasteiger charge is -2.11. The van der Waals surface area contributed by atoms with Gasteiger partial charge in [0, 0.05) is 11.3 Å². The lowest BCUT2D eigenvalue weighted by molar-refractivity contribution is -0.113. The zero-order valence-electron chi connectivity index (χ0n) is 18.4. The van der Waals surface area contributed by atoms with Gasteiger partial charge in [0.2, 0.25) is 11.1 Å². The molecular weight excluding hydrogens is 450 g/mol. The highest BCUT2D eigenvalue weighted by Crippen LogP contribution is 2.22. The number of amides is 2. The van der Waals surface area contributed by atoms with Crippen molar-refractivity contribution in [1.29, 1.82) is 0 Å². The summed E-state index contributed by atoms with van der Waals surface area (Å²) in [6.45, 7) is 2.48. The Labute approximate surface area is 201 Å². The van der Waals surface area contributed by atoms with E-state index in [0.717, 1.165) is 11.3 Å². The van der Waals surface area contributed by atoms with Crippen LogP contribution in [0, 0.1) is 0 Å². The molecule has 172 valence electrons. The van der Waals surface area contributed by atoms with E-state index in [1.165, 1.54) is 11.8 Å². The standard InChI is InChI=1S/C25H23N5O3S/c1-2-33-19-14-12-18(13-15-19)26-24(32)20-10-6-7-11-21(20)27-22(31)16-34-25-28-23(29-30-25)17-8-4-3-5-9-17/h3-15H,2,16H2,1H3,(H,26,32)(H,27,31)(H,28,29,30). The van der Waals surface area contributed by atoms with E-state index in [1.54, 1.807) is 48.5 Å². The maximum absolute atomic E-state index is 12.8. The van der Waals surface area contributed by atoms with Crippen molar-refractivity contribution in [1.82, 2.24) is 15.2 Å². The largest absolute Gasteiger partial charge is 0.494 e. The van der Waals surface area contributed by atoms with E-state index in [2.05, 4.69) is 25.8 Å². The number of carbonyl (C=O) groups excluding carboxylic acids is 2. The van der Waals surface area contributed by atoms with Gasteiger partial charge in [0.1, 0.15) is 5.75 Å². The Balaban J connectivity index is 1.35. The number of thioether (sulfide) groups is 1. The fourth-order valence-corrected chi connectivity index (χ4v) is 3.74. The second-order valence-corrected chi connectivity index (χ2v) is 8.07. The number of nitrogens with one attached hydrogen (secondary N) is 3. The number of rotatable bonds is 9. The summed E-state index contributed by atoms with van der Waals surface area (Å²) >= 11 is 1.21. The van der Waals surface area contributed by atoms with Gasteiger partial charge in [-0.15, -0.1) is 5.10 Å². The van der Waals surface area contributed by atoms with E-state index in [-0.39, 0.29) is 17.6 Å². The third-order valence-electron chi connectivity index (χ3n) is 4.71. The predicted octanol–water partition coefficient (Wildman–Crippen LogP) is 4.85. The number of para-hydroxylation sites is 1. The lowest BCUT2D eigenvalue weighted by Crippen LogP contribution is -2.19. The highest BCUT2D eigenvalue weighted by Gasteiger charge is 2.15. The van der Waals surface area contributed by atoms with Crippen molar-refractivity contribution in [3.8, 4) is 17.1 Å². The minimum Gasteiger partial charge on any atom is -0.494 e.